The van der Waals surface area contributed by atoms with E-state index in [-0.39, 0.29) is 12.5 Å². The van der Waals surface area contributed by atoms with Gasteiger partial charge in [-0.15, -0.1) is 0 Å². The number of carbonyl (C=O) groups excluding carboxylic acids is 2. The fourth-order valence-electron chi connectivity index (χ4n) is 1.90. The van der Waals surface area contributed by atoms with E-state index in [1.54, 1.807) is 19.1 Å². The highest BCUT2D eigenvalue weighted by molar-refractivity contribution is 6.04. The Labute approximate surface area is 134 Å². The summed E-state index contributed by atoms with van der Waals surface area (Å²) in [5.74, 6) is -0.228. The van der Waals surface area contributed by atoms with E-state index in [0.717, 1.165) is 11.3 Å². The number of anilines is 1. The third-order valence-corrected chi connectivity index (χ3v) is 3.08. The lowest BCUT2D eigenvalue weighted by molar-refractivity contribution is 0.102. The number of ether oxygens (including phenoxy) is 1. The van der Waals surface area contributed by atoms with Gasteiger partial charge in [0.1, 0.15) is 0 Å². The first-order valence-corrected chi connectivity index (χ1v) is 7.32. The van der Waals surface area contributed by atoms with Crippen molar-refractivity contribution >= 4 is 17.7 Å². The van der Waals surface area contributed by atoms with Crippen molar-refractivity contribution in [2.45, 2.75) is 20.4 Å². The Balaban J connectivity index is 1.99. The molecule has 0 aliphatic heterocycles. The van der Waals surface area contributed by atoms with Gasteiger partial charge < -0.3 is 15.4 Å². The molecule has 0 spiro atoms. The number of amides is 2. The molecule has 23 heavy (non-hydrogen) atoms. The van der Waals surface area contributed by atoms with Gasteiger partial charge in [-0.1, -0.05) is 17.7 Å². The predicted octanol–water partition coefficient (Wildman–Crippen LogP) is 2.89. The first-order valence-electron chi connectivity index (χ1n) is 7.32. The van der Waals surface area contributed by atoms with Crippen LogP contribution in [0, 0.1) is 6.92 Å². The molecule has 6 heteroatoms. The lowest BCUT2D eigenvalue weighted by Gasteiger charge is -2.08. The highest BCUT2D eigenvalue weighted by Gasteiger charge is 2.08. The molecule has 1 aromatic carbocycles. The van der Waals surface area contributed by atoms with Crippen LogP contribution >= 0.6 is 0 Å². The van der Waals surface area contributed by atoms with Crippen LogP contribution in [0.5, 0.6) is 0 Å². The molecule has 1 aromatic heterocycles. The van der Waals surface area contributed by atoms with Gasteiger partial charge in [0.2, 0.25) is 0 Å². The summed E-state index contributed by atoms with van der Waals surface area (Å²) < 4.78 is 4.77. The molecule has 0 aliphatic rings. The third kappa shape index (κ3) is 5.10. The smallest absolute Gasteiger partial charge is 0.407 e. The fraction of sp³-hybridized carbons (Fsp3) is 0.235. The van der Waals surface area contributed by atoms with Crippen LogP contribution in [0.25, 0.3) is 0 Å². The first kappa shape index (κ1) is 16.5. The molecule has 120 valence electrons. The van der Waals surface area contributed by atoms with Gasteiger partial charge in [-0.3, -0.25) is 9.78 Å². The van der Waals surface area contributed by atoms with Crippen LogP contribution in [0.15, 0.2) is 42.6 Å². The van der Waals surface area contributed by atoms with Gasteiger partial charge >= 0.3 is 6.09 Å². The molecule has 2 aromatic rings. The number of carbonyl (C=O) groups is 2. The fourth-order valence-corrected chi connectivity index (χ4v) is 1.90. The molecule has 0 fully saturated rings. The van der Waals surface area contributed by atoms with Gasteiger partial charge in [0.15, 0.2) is 0 Å². The Morgan fingerprint density at radius 1 is 1.17 bits per heavy atom. The normalized spacial score (nSPS) is 10.0. The van der Waals surface area contributed by atoms with Gasteiger partial charge in [-0.05, 0) is 38.1 Å². The Kier molecular flexibility index (Phi) is 5.68. The minimum atomic E-state index is -0.510. The molecule has 0 atom stereocenters. The Hall–Kier alpha value is -2.89. The molecule has 0 radical (unpaired) electrons. The summed E-state index contributed by atoms with van der Waals surface area (Å²) in [6.45, 7) is 4.22. The summed E-state index contributed by atoms with van der Waals surface area (Å²) in [4.78, 5) is 27.6. The molecular formula is C17H19N3O3. The van der Waals surface area contributed by atoms with E-state index in [4.69, 9.17) is 4.74 Å². The second kappa shape index (κ2) is 7.93. The van der Waals surface area contributed by atoms with Crippen LogP contribution in [0.1, 0.15) is 28.5 Å². The molecule has 0 aliphatic carbocycles. The monoisotopic (exact) mass is 313 g/mol. The third-order valence-electron chi connectivity index (χ3n) is 3.08. The molecule has 6 nitrogen and oxygen atoms in total. The second-order valence-electron chi connectivity index (χ2n) is 4.93. The van der Waals surface area contributed by atoms with Crippen LogP contribution in [-0.4, -0.2) is 23.6 Å². The summed E-state index contributed by atoms with van der Waals surface area (Å²) in [5, 5.41) is 5.39. The zero-order valence-corrected chi connectivity index (χ0v) is 13.1. The average molecular weight is 313 g/mol. The molecule has 2 N–H and O–H groups in total. The SMILES string of the molecule is CCOC(=O)NCc1cc(C(=O)Nc2ccc(C)cc2)ccn1. The van der Waals surface area contributed by atoms with Crippen molar-refractivity contribution in [3.05, 3.63) is 59.4 Å². The molecule has 0 bridgehead atoms. The number of hydrogen-bond acceptors (Lipinski definition) is 4. The maximum absolute atomic E-state index is 12.2. The number of benzene rings is 1. The van der Waals surface area contributed by atoms with E-state index in [0.29, 0.717) is 17.9 Å². The quantitative estimate of drug-likeness (QED) is 0.889. The lowest BCUT2D eigenvalue weighted by Crippen LogP contribution is -2.24. The number of nitrogens with zero attached hydrogens (tertiary/aromatic N) is 1. The molecule has 0 saturated carbocycles. The summed E-state index contributed by atoms with van der Waals surface area (Å²) in [7, 11) is 0. The van der Waals surface area contributed by atoms with Crippen LogP contribution in [0.3, 0.4) is 0 Å². The van der Waals surface area contributed by atoms with Crippen molar-refractivity contribution in [1.82, 2.24) is 10.3 Å². The second-order valence-corrected chi connectivity index (χ2v) is 4.93. The first-order chi connectivity index (χ1) is 11.1. The Bertz CT molecular complexity index is 684. The van der Waals surface area contributed by atoms with Crippen molar-refractivity contribution in [2.75, 3.05) is 11.9 Å². The Morgan fingerprint density at radius 2 is 1.91 bits per heavy atom. The van der Waals surface area contributed by atoms with E-state index < -0.39 is 6.09 Å². The van der Waals surface area contributed by atoms with E-state index in [1.807, 2.05) is 31.2 Å². The largest absolute Gasteiger partial charge is 0.450 e. The zero-order chi connectivity index (χ0) is 16.7. The topological polar surface area (TPSA) is 80.3 Å². The van der Waals surface area contributed by atoms with Gasteiger partial charge in [0, 0.05) is 17.4 Å². The van der Waals surface area contributed by atoms with E-state index in [2.05, 4.69) is 15.6 Å². The van der Waals surface area contributed by atoms with Crippen molar-refractivity contribution in [1.29, 1.82) is 0 Å². The van der Waals surface area contributed by atoms with Gasteiger partial charge in [-0.2, -0.15) is 0 Å². The number of alkyl carbamates (subject to hydrolysis) is 1. The average Bonchev–Trinajstić information content (AvgIpc) is 2.55. The maximum atomic E-state index is 12.2. The number of hydrogen-bond donors (Lipinski definition) is 2. The Morgan fingerprint density at radius 3 is 2.61 bits per heavy atom. The summed E-state index contributed by atoms with van der Waals surface area (Å²) in [6, 6.07) is 10.8. The van der Waals surface area contributed by atoms with E-state index in [9.17, 15) is 9.59 Å². The molecule has 2 amide bonds. The number of pyridine rings is 1. The molecule has 0 unspecified atom stereocenters. The van der Waals surface area contributed by atoms with Gasteiger partial charge in [0.25, 0.3) is 5.91 Å². The summed E-state index contributed by atoms with van der Waals surface area (Å²) in [5.41, 5.74) is 2.90. The van der Waals surface area contributed by atoms with E-state index in [1.165, 1.54) is 6.20 Å². The minimum Gasteiger partial charge on any atom is -0.450 e. The number of rotatable bonds is 5. The molecular weight excluding hydrogens is 294 g/mol. The van der Waals surface area contributed by atoms with Crippen molar-refractivity contribution in [3.63, 3.8) is 0 Å². The van der Waals surface area contributed by atoms with Crippen LogP contribution < -0.4 is 10.6 Å². The van der Waals surface area contributed by atoms with Crippen LogP contribution in [0.2, 0.25) is 0 Å². The van der Waals surface area contributed by atoms with E-state index >= 15 is 0 Å². The zero-order valence-electron chi connectivity index (χ0n) is 13.1. The lowest BCUT2D eigenvalue weighted by atomic mass is 10.2. The van der Waals surface area contributed by atoms with Gasteiger partial charge in [-0.25, -0.2) is 4.79 Å². The maximum Gasteiger partial charge on any atom is 0.407 e. The highest BCUT2D eigenvalue weighted by atomic mass is 16.5. The number of aryl methyl sites for hydroxylation is 1. The number of aromatic nitrogens is 1. The summed E-state index contributed by atoms with van der Waals surface area (Å²) >= 11 is 0. The van der Waals surface area contributed by atoms with Crippen LogP contribution in [0.4, 0.5) is 10.5 Å². The van der Waals surface area contributed by atoms with Crippen molar-refractivity contribution in [2.24, 2.45) is 0 Å². The number of nitrogens with one attached hydrogen (secondary N) is 2. The van der Waals surface area contributed by atoms with Gasteiger partial charge in [0.05, 0.1) is 18.8 Å². The summed E-state index contributed by atoms with van der Waals surface area (Å²) in [6.07, 6.45) is 1.02. The standard InChI is InChI=1S/C17H19N3O3/c1-3-23-17(22)19-11-15-10-13(8-9-18-15)16(21)20-14-6-4-12(2)5-7-14/h4-10H,3,11H2,1-2H3,(H,19,22)(H,20,21). The molecule has 0 saturated heterocycles. The predicted molar refractivity (Wildman–Crippen MR) is 87.2 cm³/mol. The van der Waals surface area contributed by atoms with Crippen LogP contribution in [-0.2, 0) is 11.3 Å². The molecule has 1 heterocycles. The van der Waals surface area contributed by atoms with Crippen molar-refractivity contribution in [3.8, 4) is 0 Å². The van der Waals surface area contributed by atoms with Crippen molar-refractivity contribution < 1.29 is 14.3 Å². The highest BCUT2D eigenvalue weighted by Crippen LogP contribution is 2.11. The minimum absolute atomic E-state index is 0.199. The molecule has 2 rings (SSSR count).